The number of aromatic amines is 1. The first kappa shape index (κ1) is 27.7. The molecule has 4 aromatic carbocycles. The van der Waals surface area contributed by atoms with Crippen molar-refractivity contribution < 1.29 is 19.0 Å². The largest absolute Gasteiger partial charge is 0.493 e. The van der Waals surface area contributed by atoms with Crippen molar-refractivity contribution in [2.75, 3.05) is 33.2 Å². The summed E-state index contributed by atoms with van der Waals surface area (Å²) < 4.78 is 16.8. The summed E-state index contributed by atoms with van der Waals surface area (Å²) in [5.74, 6) is 1.81. The molecule has 1 amide bonds. The number of H-pyrrole nitrogens is 1. The zero-order valence-electron chi connectivity index (χ0n) is 23.6. The van der Waals surface area contributed by atoms with Crippen molar-refractivity contribution in [3.05, 3.63) is 106 Å². The van der Waals surface area contributed by atoms with Gasteiger partial charge in [-0.3, -0.25) is 14.5 Å². The van der Waals surface area contributed by atoms with Gasteiger partial charge in [-0.25, -0.2) is 0 Å². The van der Waals surface area contributed by atoms with Crippen LogP contribution in [-0.4, -0.2) is 49.7 Å². The second-order valence-electron chi connectivity index (χ2n) is 9.97. The monoisotopic (exact) mass is 551 g/mol. The maximum Gasteiger partial charge on any atom is 0.257 e. The predicted octanol–water partition coefficient (Wildman–Crippen LogP) is 5.85. The molecule has 5 aromatic rings. The molecular weight excluding hydrogens is 518 g/mol. The third-order valence-corrected chi connectivity index (χ3v) is 7.22. The number of amides is 1. The van der Waals surface area contributed by atoms with E-state index in [1.54, 1.807) is 50.6 Å². The minimum absolute atomic E-state index is 0.103. The summed E-state index contributed by atoms with van der Waals surface area (Å²) in [4.78, 5) is 31.6. The van der Waals surface area contributed by atoms with Crippen molar-refractivity contribution in [2.24, 2.45) is 0 Å². The maximum atomic E-state index is 13.2. The van der Waals surface area contributed by atoms with E-state index in [9.17, 15) is 9.59 Å². The number of nitrogens with zero attached hydrogens (tertiary/aromatic N) is 1. The molecule has 0 bridgehead atoms. The molecule has 0 aliphatic rings. The van der Waals surface area contributed by atoms with Crippen molar-refractivity contribution >= 4 is 33.4 Å². The highest BCUT2D eigenvalue weighted by Gasteiger charge is 2.15. The fourth-order valence-electron chi connectivity index (χ4n) is 4.74. The first-order valence-electron chi connectivity index (χ1n) is 13.4. The molecule has 8 heteroatoms. The average molecular weight is 552 g/mol. The molecule has 5 rings (SSSR count). The molecule has 8 nitrogen and oxygen atoms in total. The summed E-state index contributed by atoms with van der Waals surface area (Å²) in [5.41, 5.74) is 3.24. The number of fused-ring (bicyclic) bond motifs is 2. The molecular formula is C33H33N3O5. The molecule has 0 saturated carbocycles. The van der Waals surface area contributed by atoms with E-state index in [1.807, 2.05) is 55.6 Å². The summed E-state index contributed by atoms with van der Waals surface area (Å²) in [6.07, 6.45) is 0. The molecule has 0 spiro atoms. The van der Waals surface area contributed by atoms with Crippen molar-refractivity contribution in [2.45, 2.75) is 19.5 Å². The molecule has 1 heterocycles. The van der Waals surface area contributed by atoms with E-state index in [0.29, 0.717) is 56.9 Å². The van der Waals surface area contributed by atoms with Gasteiger partial charge in [-0.05, 0) is 80.2 Å². The molecule has 0 aliphatic heterocycles. The normalized spacial score (nSPS) is 11.9. The smallest absolute Gasteiger partial charge is 0.257 e. The lowest BCUT2D eigenvalue weighted by Gasteiger charge is -2.25. The van der Waals surface area contributed by atoms with E-state index < -0.39 is 0 Å². The summed E-state index contributed by atoms with van der Waals surface area (Å²) in [7, 11) is 5.30. The van der Waals surface area contributed by atoms with Crippen LogP contribution in [0.25, 0.3) is 21.8 Å². The number of ether oxygens (including phenoxy) is 3. The number of carbonyl (C=O) groups excluding carboxylic acids is 1. The maximum absolute atomic E-state index is 13.2. The Kier molecular flexibility index (Phi) is 8.21. The first-order valence-corrected chi connectivity index (χ1v) is 13.4. The molecule has 1 unspecified atom stereocenters. The van der Waals surface area contributed by atoms with Crippen LogP contribution in [0.3, 0.4) is 0 Å². The Hall–Kier alpha value is -4.82. The zero-order chi connectivity index (χ0) is 28.9. The third-order valence-electron chi connectivity index (χ3n) is 7.22. The Labute approximate surface area is 238 Å². The molecule has 41 heavy (non-hydrogen) atoms. The van der Waals surface area contributed by atoms with Gasteiger partial charge in [0, 0.05) is 34.6 Å². The van der Waals surface area contributed by atoms with Crippen molar-refractivity contribution in [1.82, 2.24) is 9.88 Å². The highest BCUT2D eigenvalue weighted by Crippen LogP contribution is 2.28. The number of aromatic nitrogens is 1. The van der Waals surface area contributed by atoms with Crippen LogP contribution in [0.15, 0.2) is 89.7 Å². The number of likely N-dealkylation sites (N-methyl/N-ethyl adjacent to an activating group) is 1. The number of hydrogen-bond acceptors (Lipinski definition) is 6. The fraction of sp³-hybridized carbons (Fsp3) is 0.212. The second-order valence-corrected chi connectivity index (χ2v) is 9.97. The molecule has 0 aliphatic carbocycles. The minimum Gasteiger partial charge on any atom is -0.493 e. The number of carbonyl (C=O) groups is 1. The number of benzene rings is 4. The first-order chi connectivity index (χ1) is 19.9. The zero-order valence-corrected chi connectivity index (χ0v) is 23.6. The SMILES string of the molecule is COc1ccc(CN(C)C(C)COc2ccc(NC(=O)c3cccc4c(=O)c5ccccc5[nH]c34)cc2)cc1OC. The molecule has 2 N–H and O–H groups in total. The Morgan fingerprint density at radius 2 is 1.63 bits per heavy atom. The number of para-hydroxylation sites is 2. The predicted molar refractivity (Wildman–Crippen MR) is 162 cm³/mol. The Bertz CT molecular complexity index is 1750. The average Bonchev–Trinajstić information content (AvgIpc) is 3.00. The van der Waals surface area contributed by atoms with Gasteiger partial charge in [-0.2, -0.15) is 0 Å². The molecule has 0 radical (unpaired) electrons. The van der Waals surface area contributed by atoms with Crippen LogP contribution in [0, 0.1) is 0 Å². The van der Waals surface area contributed by atoms with Gasteiger partial charge in [0.25, 0.3) is 5.91 Å². The van der Waals surface area contributed by atoms with Crippen LogP contribution in [0.2, 0.25) is 0 Å². The molecule has 1 atom stereocenters. The number of nitrogens with one attached hydrogen (secondary N) is 2. The topological polar surface area (TPSA) is 92.9 Å². The minimum atomic E-state index is -0.305. The van der Waals surface area contributed by atoms with Crippen molar-refractivity contribution in [1.29, 1.82) is 0 Å². The number of rotatable bonds is 10. The van der Waals surface area contributed by atoms with Crippen LogP contribution in [0.1, 0.15) is 22.8 Å². The fourth-order valence-corrected chi connectivity index (χ4v) is 4.74. The second kappa shape index (κ2) is 12.1. The lowest BCUT2D eigenvalue weighted by Crippen LogP contribution is -2.33. The van der Waals surface area contributed by atoms with Crippen LogP contribution >= 0.6 is 0 Å². The van der Waals surface area contributed by atoms with Crippen LogP contribution in [0.4, 0.5) is 5.69 Å². The van der Waals surface area contributed by atoms with Gasteiger partial charge in [0.2, 0.25) is 0 Å². The van der Waals surface area contributed by atoms with Gasteiger partial charge < -0.3 is 24.5 Å². The Morgan fingerprint density at radius 3 is 2.39 bits per heavy atom. The van der Waals surface area contributed by atoms with Crippen LogP contribution in [-0.2, 0) is 6.54 Å². The van der Waals surface area contributed by atoms with E-state index in [4.69, 9.17) is 14.2 Å². The van der Waals surface area contributed by atoms with E-state index in [2.05, 4.69) is 22.1 Å². The Morgan fingerprint density at radius 1 is 0.902 bits per heavy atom. The van der Waals surface area contributed by atoms with Gasteiger partial charge in [-0.15, -0.1) is 0 Å². The highest BCUT2D eigenvalue weighted by atomic mass is 16.5. The standard InChI is InChI=1S/C33H33N3O5/c1-21(36(2)19-22-12-17-29(39-3)30(18-22)40-4)20-41-24-15-13-23(14-16-24)34-33(38)27-10-7-9-26-31(27)35-28-11-6-5-8-25(28)32(26)37/h5-18,21H,19-20H2,1-4H3,(H,34,38)(H,35,37). The van der Waals surface area contributed by atoms with Gasteiger partial charge >= 0.3 is 0 Å². The quantitative estimate of drug-likeness (QED) is 0.212. The molecule has 1 aromatic heterocycles. The van der Waals surface area contributed by atoms with Gasteiger partial charge in [0.1, 0.15) is 12.4 Å². The Balaban J connectivity index is 1.21. The van der Waals surface area contributed by atoms with Gasteiger partial charge in [0.15, 0.2) is 16.9 Å². The van der Waals surface area contributed by atoms with Crippen molar-refractivity contribution in [3.8, 4) is 17.2 Å². The number of methoxy groups -OCH3 is 2. The summed E-state index contributed by atoms with van der Waals surface area (Å²) >= 11 is 0. The van der Waals surface area contributed by atoms with E-state index in [-0.39, 0.29) is 17.4 Å². The molecule has 210 valence electrons. The summed E-state index contributed by atoms with van der Waals surface area (Å²) in [6, 6.07) is 25.8. The van der Waals surface area contributed by atoms with Gasteiger partial charge in [-0.1, -0.05) is 24.3 Å². The summed E-state index contributed by atoms with van der Waals surface area (Å²) in [6.45, 7) is 3.32. The highest BCUT2D eigenvalue weighted by molar-refractivity contribution is 6.13. The number of pyridine rings is 1. The van der Waals surface area contributed by atoms with E-state index in [1.165, 1.54) is 0 Å². The molecule has 0 saturated heterocycles. The van der Waals surface area contributed by atoms with Crippen LogP contribution in [0.5, 0.6) is 17.2 Å². The number of anilines is 1. The van der Waals surface area contributed by atoms with Crippen LogP contribution < -0.4 is 25.0 Å². The van der Waals surface area contributed by atoms with Crippen molar-refractivity contribution in [3.63, 3.8) is 0 Å². The van der Waals surface area contributed by atoms with Gasteiger partial charge in [0.05, 0.1) is 25.3 Å². The lowest BCUT2D eigenvalue weighted by molar-refractivity contribution is 0.102. The van der Waals surface area contributed by atoms with E-state index >= 15 is 0 Å². The molecule has 0 fully saturated rings. The van der Waals surface area contributed by atoms with E-state index in [0.717, 1.165) is 12.1 Å². The number of hydrogen-bond donors (Lipinski definition) is 2. The summed E-state index contributed by atoms with van der Waals surface area (Å²) in [5, 5.41) is 4.00. The lowest BCUT2D eigenvalue weighted by atomic mass is 10.1. The third kappa shape index (κ3) is 6.02.